The second-order valence-electron chi connectivity index (χ2n) is 3.58. The van der Waals surface area contributed by atoms with E-state index in [0.717, 1.165) is 12.8 Å². The molecule has 3 heteroatoms. The molecule has 0 fully saturated rings. The van der Waals surface area contributed by atoms with Crippen LogP contribution in [0.2, 0.25) is 0 Å². The zero-order chi connectivity index (χ0) is 9.97. The van der Waals surface area contributed by atoms with Crippen LogP contribution in [0.5, 0.6) is 0 Å². The van der Waals surface area contributed by atoms with Gasteiger partial charge in [0.1, 0.15) is 5.84 Å². The van der Waals surface area contributed by atoms with Gasteiger partial charge in [0.2, 0.25) is 0 Å². The topological polar surface area (TPSA) is 38.4 Å². The molecule has 0 radical (unpaired) electrons. The van der Waals surface area contributed by atoms with Crippen LogP contribution in [0.3, 0.4) is 0 Å². The van der Waals surface area contributed by atoms with E-state index in [1.54, 1.807) is 0 Å². The maximum atomic E-state index is 5.61. The van der Waals surface area contributed by atoms with Crippen LogP contribution in [0, 0.1) is 0 Å². The number of alkyl halides is 1. The van der Waals surface area contributed by atoms with Crippen molar-refractivity contribution in [3.8, 4) is 0 Å². The minimum Gasteiger partial charge on any atom is -0.386 e. The summed E-state index contributed by atoms with van der Waals surface area (Å²) in [6.07, 6.45) is 1.99. The number of rotatable bonds is 2. The van der Waals surface area contributed by atoms with Gasteiger partial charge in [-0.15, -0.1) is 11.6 Å². The Balaban J connectivity index is 2.12. The van der Waals surface area contributed by atoms with Crippen molar-refractivity contribution in [3.05, 3.63) is 35.4 Å². The molecule has 2 N–H and O–H groups in total. The summed E-state index contributed by atoms with van der Waals surface area (Å²) in [7, 11) is 0. The molecule has 0 saturated carbocycles. The first-order chi connectivity index (χ1) is 6.79. The van der Waals surface area contributed by atoms with Gasteiger partial charge in [-0.2, -0.15) is 0 Å². The lowest BCUT2D eigenvalue weighted by atomic mass is 10.1. The van der Waals surface area contributed by atoms with E-state index in [4.69, 9.17) is 17.3 Å². The molecule has 0 unspecified atom stereocenters. The standard InChI is InChI=1S/C11H13ClN2/c12-7-11(13)14-10-5-8-3-1-2-4-9(8)6-10/h1-4,10H,5-7H2,(H2,13,14). The summed E-state index contributed by atoms with van der Waals surface area (Å²) < 4.78 is 0. The van der Waals surface area contributed by atoms with Crippen molar-refractivity contribution in [2.24, 2.45) is 10.7 Å². The number of hydrogen-bond donors (Lipinski definition) is 1. The molecule has 0 amide bonds. The predicted octanol–water partition coefficient (Wildman–Crippen LogP) is 1.75. The van der Waals surface area contributed by atoms with Gasteiger partial charge in [-0.1, -0.05) is 24.3 Å². The number of aliphatic imine (C=N–C) groups is 1. The van der Waals surface area contributed by atoms with Crippen LogP contribution >= 0.6 is 11.6 Å². The lowest BCUT2D eigenvalue weighted by Gasteiger charge is -2.02. The monoisotopic (exact) mass is 208 g/mol. The highest BCUT2D eigenvalue weighted by atomic mass is 35.5. The molecular weight excluding hydrogens is 196 g/mol. The normalized spacial score (nSPS) is 17.1. The summed E-state index contributed by atoms with van der Waals surface area (Å²) in [4.78, 5) is 4.37. The van der Waals surface area contributed by atoms with Gasteiger partial charge in [-0.05, 0) is 24.0 Å². The van der Waals surface area contributed by atoms with Crippen LogP contribution in [0.15, 0.2) is 29.3 Å². The summed E-state index contributed by atoms with van der Waals surface area (Å²) >= 11 is 5.59. The number of hydrogen-bond acceptors (Lipinski definition) is 1. The fourth-order valence-electron chi connectivity index (χ4n) is 1.90. The lowest BCUT2D eigenvalue weighted by molar-refractivity contribution is 0.722. The Kier molecular flexibility index (Phi) is 2.73. The van der Waals surface area contributed by atoms with Crippen molar-refractivity contribution in [2.45, 2.75) is 18.9 Å². The molecule has 74 valence electrons. The molecule has 0 aromatic heterocycles. The van der Waals surface area contributed by atoms with Crippen LogP contribution in [0.25, 0.3) is 0 Å². The van der Waals surface area contributed by atoms with Crippen LogP contribution in [0.4, 0.5) is 0 Å². The van der Waals surface area contributed by atoms with Crippen molar-refractivity contribution in [2.75, 3.05) is 5.88 Å². The molecule has 1 aliphatic carbocycles. The Bertz CT molecular complexity index is 335. The zero-order valence-corrected chi connectivity index (χ0v) is 8.67. The molecule has 1 aromatic rings. The molecule has 2 rings (SSSR count). The molecule has 0 heterocycles. The maximum absolute atomic E-state index is 5.61. The van der Waals surface area contributed by atoms with E-state index in [2.05, 4.69) is 29.3 Å². The Morgan fingerprint density at radius 3 is 2.43 bits per heavy atom. The SMILES string of the molecule is NC(CCl)=NC1Cc2ccccc2C1. The Morgan fingerprint density at radius 2 is 1.93 bits per heavy atom. The average molecular weight is 209 g/mol. The second-order valence-corrected chi connectivity index (χ2v) is 3.85. The smallest absolute Gasteiger partial charge is 0.109 e. The first-order valence-corrected chi connectivity index (χ1v) is 5.28. The van der Waals surface area contributed by atoms with Gasteiger partial charge in [0.05, 0.1) is 11.9 Å². The minimum absolute atomic E-state index is 0.297. The number of nitrogens with two attached hydrogens (primary N) is 1. The summed E-state index contributed by atoms with van der Waals surface area (Å²) in [5.74, 6) is 0.872. The lowest BCUT2D eigenvalue weighted by Crippen LogP contribution is -2.18. The first-order valence-electron chi connectivity index (χ1n) is 4.74. The Hall–Kier alpha value is -1.02. The van der Waals surface area contributed by atoms with E-state index in [9.17, 15) is 0 Å². The van der Waals surface area contributed by atoms with Gasteiger partial charge >= 0.3 is 0 Å². The fraction of sp³-hybridized carbons (Fsp3) is 0.364. The molecule has 0 saturated heterocycles. The van der Waals surface area contributed by atoms with Crippen molar-refractivity contribution >= 4 is 17.4 Å². The third-order valence-electron chi connectivity index (χ3n) is 2.51. The Morgan fingerprint density at radius 1 is 1.36 bits per heavy atom. The summed E-state index contributed by atoms with van der Waals surface area (Å²) in [6, 6.07) is 8.74. The minimum atomic E-state index is 0.297. The molecule has 2 nitrogen and oxygen atoms in total. The number of nitrogens with zero attached hydrogens (tertiary/aromatic N) is 1. The molecule has 0 spiro atoms. The van der Waals surface area contributed by atoms with Crippen LogP contribution < -0.4 is 5.73 Å². The molecule has 0 bridgehead atoms. The molecule has 1 aliphatic rings. The number of halogens is 1. The van der Waals surface area contributed by atoms with Gasteiger partial charge < -0.3 is 5.73 Å². The third-order valence-corrected chi connectivity index (χ3v) is 2.79. The fourth-order valence-corrected chi connectivity index (χ4v) is 1.96. The van der Waals surface area contributed by atoms with Crippen LogP contribution in [-0.4, -0.2) is 17.8 Å². The zero-order valence-electron chi connectivity index (χ0n) is 7.91. The van der Waals surface area contributed by atoms with E-state index in [-0.39, 0.29) is 0 Å². The number of benzene rings is 1. The van der Waals surface area contributed by atoms with E-state index in [0.29, 0.717) is 17.8 Å². The molecule has 0 atom stereocenters. The molecule has 14 heavy (non-hydrogen) atoms. The van der Waals surface area contributed by atoms with E-state index in [1.165, 1.54) is 11.1 Å². The van der Waals surface area contributed by atoms with Crippen molar-refractivity contribution in [1.82, 2.24) is 0 Å². The van der Waals surface area contributed by atoms with Crippen LogP contribution in [-0.2, 0) is 12.8 Å². The van der Waals surface area contributed by atoms with E-state index < -0.39 is 0 Å². The quantitative estimate of drug-likeness (QED) is 0.449. The van der Waals surface area contributed by atoms with Gasteiger partial charge in [-0.3, -0.25) is 4.99 Å². The van der Waals surface area contributed by atoms with Gasteiger partial charge in [-0.25, -0.2) is 0 Å². The third kappa shape index (κ3) is 1.90. The summed E-state index contributed by atoms with van der Waals surface area (Å²) in [5.41, 5.74) is 8.39. The predicted molar refractivity (Wildman–Crippen MR) is 60.0 cm³/mol. The van der Waals surface area contributed by atoms with E-state index in [1.807, 2.05) is 0 Å². The van der Waals surface area contributed by atoms with Gasteiger partial charge in [0.15, 0.2) is 0 Å². The van der Waals surface area contributed by atoms with Crippen molar-refractivity contribution < 1.29 is 0 Å². The van der Waals surface area contributed by atoms with E-state index >= 15 is 0 Å². The molecular formula is C11H13ClN2. The first kappa shape index (κ1) is 9.53. The highest BCUT2D eigenvalue weighted by molar-refractivity contribution is 6.28. The summed E-state index contributed by atoms with van der Waals surface area (Å²) in [5, 5.41) is 0. The highest BCUT2D eigenvalue weighted by Crippen LogP contribution is 2.23. The molecule has 1 aromatic carbocycles. The maximum Gasteiger partial charge on any atom is 0.109 e. The van der Waals surface area contributed by atoms with Crippen LogP contribution in [0.1, 0.15) is 11.1 Å². The van der Waals surface area contributed by atoms with Gasteiger partial charge in [0, 0.05) is 0 Å². The Labute approximate surface area is 88.8 Å². The number of amidine groups is 1. The van der Waals surface area contributed by atoms with Gasteiger partial charge in [0.25, 0.3) is 0 Å². The summed E-state index contributed by atoms with van der Waals surface area (Å²) in [6.45, 7) is 0. The second kappa shape index (κ2) is 4.01. The number of fused-ring (bicyclic) bond motifs is 1. The van der Waals surface area contributed by atoms with Crippen molar-refractivity contribution in [3.63, 3.8) is 0 Å². The largest absolute Gasteiger partial charge is 0.386 e. The highest BCUT2D eigenvalue weighted by Gasteiger charge is 2.19. The molecule has 0 aliphatic heterocycles. The average Bonchev–Trinajstić information content (AvgIpc) is 2.59. The van der Waals surface area contributed by atoms with Crippen molar-refractivity contribution in [1.29, 1.82) is 0 Å².